The minimum atomic E-state index is -0.693. The van der Waals surface area contributed by atoms with Gasteiger partial charge in [-0.3, -0.25) is 9.59 Å². The molecule has 1 atom stereocenters. The van der Waals surface area contributed by atoms with Crippen LogP contribution in [0.1, 0.15) is 16.7 Å². The van der Waals surface area contributed by atoms with Crippen molar-refractivity contribution in [1.82, 2.24) is 10.2 Å². The molecule has 4 nitrogen and oxygen atoms in total. The van der Waals surface area contributed by atoms with Gasteiger partial charge in [-0.2, -0.15) is 0 Å². The summed E-state index contributed by atoms with van der Waals surface area (Å²) in [6.45, 7) is 0.276. The third kappa shape index (κ3) is 7.32. The van der Waals surface area contributed by atoms with Crippen LogP contribution in [0.2, 0.25) is 5.02 Å². The number of likely N-dealkylation sites (N-methyl/N-ethyl adjacent to an activating group) is 1. The van der Waals surface area contributed by atoms with E-state index >= 15 is 0 Å². The molecule has 0 saturated heterocycles. The molecule has 0 aliphatic rings. The van der Waals surface area contributed by atoms with Gasteiger partial charge >= 0.3 is 0 Å². The second kappa shape index (κ2) is 12.9. The molecule has 178 valence electrons. The lowest BCUT2D eigenvalue weighted by molar-refractivity contribution is -0.139. The lowest BCUT2D eigenvalue weighted by atomic mass is 10.0. The molecule has 0 aromatic heterocycles. The Hall–Kier alpha value is -2.35. The van der Waals surface area contributed by atoms with Crippen LogP contribution in [-0.4, -0.2) is 35.6 Å². The molecule has 0 aliphatic carbocycles. The van der Waals surface area contributed by atoms with Crippen LogP contribution >= 0.6 is 39.3 Å². The van der Waals surface area contributed by atoms with E-state index in [1.807, 2.05) is 54.6 Å². The second-order valence-corrected chi connectivity index (χ2v) is 9.97. The SMILES string of the molecule is CNC(=O)[C@H](Cc1ccccc1)N(Cc1ccc(Br)cc1)C(=O)CSCc1c(F)cccc1Cl. The molecular formula is C26H25BrClFN2O2S. The Morgan fingerprint density at radius 1 is 1.03 bits per heavy atom. The fourth-order valence-corrected chi connectivity index (χ4v) is 5.01. The molecule has 0 aliphatic heterocycles. The number of nitrogens with one attached hydrogen (secondary N) is 1. The van der Waals surface area contributed by atoms with Gasteiger partial charge in [-0.05, 0) is 35.4 Å². The van der Waals surface area contributed by atoms with Gasteiger partial charge in [-0.15, -0.1) is 11.8 Å². The molecule has 3 aromatic rings. The maximum Gasteiger partial charge on any atom is 0.242 e. The Morgan fingerprint density at radius 2 is 1.74 bits per heavy atom. The lowest BCUT2D eigenvalue weighted by Crippen LogP contribution is -2.50. The Bertz CT molecular complexity index is 1100. The first kappa shape index (κ1) is 26.3. The van der Waals surface area contributed by atoms with Crippen LogP contribution < -0.4 is 5.32 Å². The van der Waals surface area contributed by atoms with Gasteiger partial charge in [0.1, 0.15) is 11.9 Å². The van der Waals surface area contributed by atoms with Crippen molar-refractivity contribution >= 4 is 51.1 Å². The van der Waals surface area contributed by atoms with Gasteiger partial charge in [-0.25, -0.2) is 4.39 Å². The minimum Gasteiger partial charge on any atom is -0.357 e. The predicted molar refractivity (Wildman–Crippen MR) is 140 cm³/mol. The molecular weight excluding hydrogens is 539 g/mol. The summed E-state index contributed by atoms with van der Waals surface area (Å²) in [6, 6.07) is 21.1. The van der Waals surface area contributed by atoms with Crippen molar-refractivity contribution in [1.29, 1.82) is 0 Å². The summed E-state index contributed by atoms with van der Waals surface area (Å²) in [4.78, 5) is 27.9. The number of halogens is 3. The lowest BCUT2D eigenvalue weighted by Gasteiger charge is -2.31. The van der Waals surface area contributed by atoms with Crippen molar-refractivity contribution in [3.8, 4) is 0 Å². The molecule has 34 heavy (non-hydrogen) atoms. The van der Waals surface area contributed by atoms with Gasteiger partial charge in [0.25, 0.3) is 0 Å². The van der Waals surface area contributed by atoms with Crippen LogP contribution in [-0.2, 0) is 28.3 Å². The van der Waals surface area contributed by atoms with Crippen LogP contribution in [0.25, 0.3) is 0 Å². The fraction of sp³-hybridized carbons (Fsp3) is 0.231. The summed E-state index contributed by atoms with van der Waals surface area (Å²) in [5.74, 6) is -0.497. The van der Waals surface area contributed by atoms with Crippen molar-refractivity contribution in [2.45, 2.75) is 24.8 Å². The monoisotopic (exact) mass is 562 g/mol. The topological polar surface area (TPSA) is 49.4 Å². The van der Waals surface area contributed by atoms with E-state index in [1.165, 1.54) is 17.8 Å². The first-order valence-corrected chi connectivity index (χ1v) is 13.0. The molecule has 3 rings (SSSR count). The van der Waals surface area contributed by atoms with Gasteiger partial charge in [0.2, 0.25) is 11.8 Å². The van der Waals surface area contributed by atoms with Crippen LogP contribution in [0, 0.1) is 5.82 Å². The average molecular weight is 564 g/mol. The second-order valence-electron chi connectivity index (χ2n) is 7.66. The van der Waals surface area contributed by atoms with Crippen molar-refractivity contribution in [2.75, 3.05) is 12.8 Å². The van der Waals surface area contributed by atoms with E-state index in [4.69, 9.17) is 11.6 Å². The molecule has 3 aromatic carbocycles. The van der Waals surface area contributed by atoms with E-state index in [-0.39, 0.29) is 29.9 Å². The molecule has 0 unspecified atom stereocenters. The van der Waals surface area contributed by atoms with Crippen molar-refractivity contribution < 1.29 is 14.0 Å². The maximum absolute atomic E-state index is 14.1. The molecule has 0 saturated carbocycles. The smallest absolute Gasteiger partial charge is 0.242 e. The molecule has 0 heterocycles. The van der Waals surface area contributed by atoms with Crippen molar-refractivity contribution in [3.05, 3.63) is 105 Å². The van der Waals surface area contributed by atoms with E-state index in [0.717, 1.165) is 15.6 Å². The Morgan fingerprint density at radius 3 is 2.38 bits per heavy atom. The molecule has 1 N–H and O–H groups in total. The zero-order chi connectivity index (χ0) is 24.5. The Balaban J connectivity index is 1.82. The molecule has 0 spiro atoms. The quantitative estimate of drug-likeness (QED) is 0.336. The van der Waals surface area contributed by atoms with E-state index in [9.17, 15) is 14.0 Å². The predicted octanol–water partition coefficient (Wildman–Crippen LogP) is 5.86. The summed E-state index contributed by atoms with van der Waals surface area (Å²) < 4.78 is 15.1. The van der Waals surface area contributed by atoms with Crippen LogP contribution in [0.15, 0.2) is 77.3 Å². The zero-order valence-electron chi connectivity index (χ0n) is 18.6. The number of carbonyl (C=O) groups is 2. The first-order chi connectivity index (χ1) is 16.4. The van der Waals surface area contributed by atoms with Gasteiger partial charge in [0, 0.05) is 40.8 Å². The van der Waals surface area contributed by atoms with Crippen molar-refractivity contribution in [2.24, 2.45) is 0 Å². The summed E-state index contributed by atoms with van der Waals surface area (Å²) in [5.41, 5.74) is 2.23. The number of nitrogens with zero attached hydrogens (tertiary/aromatic N) is 1. The number of carbonyl (C=O) groups excluding carboxylic acids is 2. The van der Waals surface area contributed by atoms with Gasteiger partial charge in [0.05, 0.1) is 5.75 Å². The standard InChI is InChI=1S/C26H25BrClFN2O2S/c1-30-26(33)24(14-18-6-3-2-4-7-18)31(15-19-10-12-20(27)13-11-19)25(32)17-34-16-21-22(28)8-5-9-23(21)29/h2-13,24H,14-17H2,1H3,(H,30,33)/t24-/m0/s1. The van der Waals surface area contributed by atoms with E-state index < -0.39 is 11.9 Å². The van der Waals surface area contributed by atoms with Crippen molar-refractivity contribution in [3.63, 3.8) is 0 Å². The number of benzene rings is 3. The molecule has 0 radical (unpaired) electrons. The fourth-order valence-electron chi connectivity index (χ4n) is 3.50. The van der Waals surface area contributed by atoms with Crippen LogP contribution in [0.4, 0.5) is 4.39 Å². The number of hydrogen-bond acceptors (Lipinski definition) is 3. The van der Waals surface area contributed by atoms with E-state index in [1.54, 1.807) is 24.1 Å². The molecule has 8 heteroatoms. The van der Waals surface area contributed by atoms with E-state index in [0.29, 0.717) is 17.0 Å². The number of amides is 2. The zero-order valence-corrected chi connectivity index (χ0v) is 21.8. The largest absolute Gasteiger partial charge is 0.357 e. The van der Waals surface area contributed by atoms with Gasteiger partial charge < -0.3 is 10.2 Å². The first-order valence-electron chi connectivity index (χ1n) is 10.7. The third-order valence-corrected chi connectivity index (χ3v) is 7.14. The van der Waals surface area contributed by atoms with Crippen LogP contribution in [0.5, 0.6) is 0 Å². The number of rotatable bonds is 10. The summed E-state index contributed by atoms with van der Waals surface area (Å²) >= 11 is 10.8. The highest BCUT2D eigenvalue weighted by Gasteiger charge is 2.29. The summed E-state index contributed by atoms with van der Waals surface area (Å²) in [7, 11) is 1.57. The highest BCUT2D eigenvalue weighted by molar-refractivity contribution is 9.10. The maximum atomic E-state index is 14.1. The van der Waals surface area contributed by atoms with Gasteiger partial charge in [0.15, 0.2) is 0 Å². The highest BCUT2D eigenvalue weighted by atomic mass is 79.9. The number of hydrogen-bond donors (Lipinski definition) is 1. The molecule has 0 bridgehead atoms. The minimum absolute atomic E-state index is 0.0868. The van der Waals surface area contributed by atoms with Gasteiger partial charge in [-0.1, -0.05) is 76.1 Å². The Kier molecular flexibility index (Phi) is 9.99. The molecule has 0 fully saturated rings. The van der Waals surface area contributed by atoms with E-state index in [2.05, 4.69) is 21.2 Å². The average Bonchev–Trinajstić information content (AvgIpc) is 2.84. The Labute approximate surface area is 217 Å². The summed E-state index contributed by atoms with van der Waals surface area (Å²) in [6.07, 6.45) is 0.382. The third-order valence-electron chi connectivity index (χ3n) is 5.32. The molecule has 2 amide bonds. The normalized spacial score (nSPS) is 11.6. The van der Waals surface area contributed by atoms with Crippen LogP contribution in [0.3, 0.4) is 0 Å². The highest BCUT2D eigenvalue weighted by Crippen LogP contribution is 2.25. The summed E-state index contributed by atoms with van der Waals surface area (Å²) in [5, 5.41) is 3.03. The number of thioether (sulfide) groups is 1.